The highest BCUT2D eigenvalue weighted by Gasteiger charge is 2.26. The second-order valence-electron chi connectivity index (χ2n) is 5.55. The van der Waals surface area contributed by atoms with Crippen LogP contribution in [0.2, 0.25) is 0 Å². The summed E-state index contributed by atoms with van der Waals surface area (Å²) in [5, 5.41) is 4.45. The Morgan fingerprint density at radius 3 is 2.27 bits per heavy atom. The molecule has 0 aliphatic rings. The van der Waals surface area contributed by atoms with Gasteiger partial charge >= 0.3 is 11.9 Å². The Labute approximate surface area is 156 Å². The second kappa shape index (κ2) is 8.62. The predicted octanol–water partition coefficient (Wildman–Crippen LogP) is 3.97. The van der Waals surface area contributed by atoms with Crippen molar-refractivity contribution in [2.24, 2.45) is 0 Å². The number of carbonyl (C=O) groups is 3. The molecule has 0 bridgehead atoms. The first-order chi connectivity index (χ1) is 12.4. The summed E-state index contributed by atoms with van der Waals surface area (Å²) in [4.78, 5) is 36.9. The van der Waals surface area contributed by atoms with Crippen LogP contribution < -0.4 is 5.32 Å². The largest absolute Gasteiger partial charge is 0.462 e. The Kier molecular flexibility index (Phi) is 6.52. The molecule has 1 N–H and O–H groups in total. The van der Waals surface area contributed by atoms with Gasteiger partial charge in [0.05, 0.1) is 18.8 Å². The molecule has 0 atom stereocenters. The highest BCUT2D eigenvalue weighted by Crippen LogP contribution is 2.30. The number of ether oxygens (including phenoxy) is 2. The molecule has 26 heavy (non-hydrogen) atoms. The molecule has 0 saturated carbocycles. The normalized spacial score (nSPS) is 10.3. The van der Waals surface area contributed by atoms with Crippen LogP contribution in [0.1, 0.15) is 56.0 Å². The third-order valence-corrected chi connectivity index (χ3v) is 4.66. The first-order valence-electron chi connectivity index (χ1n) is 8.23. The molecule has 0 radical (unpaired) electrons. The van der Waals surface area contributed by atoms with E-state index in [2.05, 4.69) is 5.32 Å². The van der Waals surface area contributed by atoms with Crippen molar-refractivity contribution in [3.8, 4) is 0 Å². The fraction of sp³-hybridized carbons (Fsp3) is 0.316. The van der Waals surface area contributed by atoms with Gasteiger partial charge in [-0.1, -0.05) is 6.07 Å². The van der Waals surface area contributed by atoms with Crippen LogP contribution in [0.15, 0.2) is 23.6 Å². The molecular formula is C19H21NO5S. The maximum Gasteiger partial charge on any atom is 0.342 e. The predicted molar refractivity (Wildman–Crippen MR) is 100 cm³/mol. The number of aryl methyl sites for hydroxylation is 2. The highest BCUT2D eigenvalue weighted by atomic mass is 32.1. The molecule has 0 aliphatic carbocycles. The molecule has 138 valence electrons. The van der Waals surface area contributed by atoms with Crippen LogP contribution >= 0.6 is 11.3 Å². The lowest BCUT2D eigenvalue weighted by molar-refractivity contribution is 0.0481. The van der Waals surface area contributed by atoms with Gasteiger partial charge in [-0.15, -0.1) is 11.3 Å². The van der Waals surface area contributed by atoms with Gasteiger partial charge in [-0.25, -0.2) is 9.59 Å². The van der Waals surface area contributed by atoms with Crippen molar-refractivity contribution in [2.45, 2.75) is 27.7 Å². The third-order valence-electron chi connectivity index (χ3n) is 3.76. The Bertz CT molecular complexity index is 840. The summed E-state index contributed by atoms with van der Waals surface area (Å²) >= 11 is 1.08. The lowest BCUT2D eigenvalue weighted by Crippen LogP contribution is -2.17. The van der Waals surface area contributed by atoms with Crippen molar-refractivity contribution in [3.63, 3.8) is 0 Å². The lowest BCUT2D eigenvalue weighted by Gasteiger charge is -2.09. The zero-order chi connectivity index (χ0) is 19.3. The number of thiophene rings is 1. The summed E-state index contributed by atoms with van der Waals surface area (Å²) in [6, 6.07) is 5.34. The summed E-state index contributed by atoms with van der Waals surface area (Å²) in [5.41, 5.74) is 2.64. The first kappa shape index (κ1) is 19.7. The Morgan fingerprint density at radius 1 is 1.00 bits per heavy atom. The van der Waals surface area contributed by atoms with Crippen LogP contribution in [-0.2, 0) is 9.47 Å². The van der Waals surface area contributed by atoms with Gasteiger partial charge in [0.2, 0.25) is 0 Å². The monoisotopic (exact) mass is 375 g/mol. The van der Waals surface area contributed by atoms with Gasteiger partial charge in [0.25, 0.3) is 5.91 Å². The molecule has 6 nitrogen and oxygen atoms in total. The minimum Gasteiger partial charge on any atom is -0.462 e. The Hall–Kier alpha value is -2.67. The van der Waals surface area contributed by atoms with E-state index in [1.807, 2.05) is 19.9 Å². The molecule has 2 aromatic rings. The van der Waals surface area contributed by atoms with Crippen molar-refractivity contribution >= 4 is 34.2 Å². The Balaban J connectivity index is 2.35. The molecule has 0 spiro atoms. The number of amides is 1. The lowest BCUT2D eigenvalue weighted by atomic mass is 10.1. The number of anilines is 1. The number of carbonyl (C=O) groups excluding carboxylic acids is 3. The van der Waals surface area contributed by atoms with E-state index < -0.39 is 11.9 Å². The van der Waals surface area contributed by atoms with E-state index in [0.29, 0.717) is 5.56 Å². The van der Waals surface area contributed by atoms with Gasteiger partial charge < -0.3 is 14.8 Å². The molecule has 1 aromatic heterocycles. The topological polar surface area (TPSA) is 81.7 Å². The molecule has 0 fully saturated rings. The minimum atomic E-state index is -0.674. The van der Waals surface area contributed by atoms with E-state index in [1.165, 1.54) is 5.38 Å². The van der Waals surface area contributed by atoms with Crippen LogP contribution in [0.25, 0.3) is 0 Å². The van der Waals surface area contributed by atoms with E-state index in [4.69, 9.17) is 9.47 Å². The minimum absolute atomic E-state index is 0.0208. The molecule has 0 unspecified atom stereocenters. The standard InChI is InChI=1S/C19H21NO5S/c1-5-24-18(22)14-10-26-17(15(14)19(23)25-6-2)20-16(21)13-8-7-11(3)12(4)9-13/h7-10H,5-6H2,1-4H3,(H,20,21). The number of hydrogen-bond donors (Lipinski definition) is 1. The molecule has 1 amide bonds. The summed E-state index contributed by atoms with van der Waals surface area (Å²) in [6.45, 7) is 7.56. The molecule has 0 saturated heterocycles. The summed E-state index contributed by atoms with van der Waals surface area (Å²) in [6.07, 6.45) is 0. The number of hydrogen-bond acceptors (Lipinski definition) is 6. The smallest absolute Gasteiger partial charge is 0.342 e. The summed E-state index contributed by atoms with van der Waals surface area (Å²) in [7, 11) is 0. The van der Waals surface area contributed by atoms with E-state index in [-0.39, 0.29) is 35.2 Å². The quantitative estimate of drug-likeness (QED) is 0.773. The average molecular weight is 375 g/mol. The van der Waals surface area contributed by atoms with Crippen LogP contribution in [0.4, 0.5) is 5.00 Å². The number of esters is 2. The SMILES string of the molecule is CCOC(=O)c1csc(NC(=O)c2ccc(C)c(C)c2)c1C(=O)OCC. The van der Waals surface area contributed by atoms with E-state index in [0.717, 1.165) is 22.5 Å². The van der Waals surface area contributed by atoms with Gasteiger partial charge in [0, 0.05) is 10.9 Å². The first-order valence-corrected chi connectivity index (χ1v) is 9.11. The highest BCUT2D eigenvalue weighted by molar-refractivity contribution is 7.15. The van der Waals surface area contributed by atoms with Crippen molar-refractivity contribution in [1.82, 2.24) is 0 Å². The molecule has 0 aliphatic heterocycles. The third kappa shape index (κ3) is 4.29. The number of rotatable bonds is 6. The van der Waals surface area contributed by atoms with E-state index in [1.54, 1.807) is 26.0 Å². The van der Waals surface area contributed by atoms with Crippen LogP contribution in [-0.4, -0.2) is 31.1 Å². The molecule has 1 heterocycles. The van der Waals surface area contributed by atoms with Crippen molar-refractivity contribution in [1.29, 1.82) is 0 Å². The maximum atomic E-state index is 12.5. The van der Waals surface area contributed by atoms with E-state index >= 15 is 0 Å². The van der Waals surface area contributed by atoms with E-state index in [9.17, 15) is 14.4 Å². The van der Waals surface area contributed by atoms with Crippen molar-refractivity contribution in [2.75, 3.05) is 18.5 Å². The van der Waals surface area contributed by atoms with Gasteiger partial charge in [-0.2, -0.15) is 0 Å². The van der Waals surface area contributed by atoms with Gasteiger partial charge in [0.1, 0.15) is 10.6 Å². The zero-order valence-corrected chi connectivity index (χ0v) is 16.0. The molecule has 7 heteroatoms. The van der Waals surface area contributed by atoms with Crippen molar-refractivity contribution in [3.05, 3.63) is 51.4 Å². The fourth-order valence-electron chi connectivity index (χ4n) is 2.27. The summed E-state index contributed by atoms with van der Waals surface area (Å²) in [5.74, 6) is -1.67. The average Bonchev–Trinajstić information content (AvgIpc) is 3.01. The molecular weight excluding hydrogens is 354 g/mol. The van der Waals surface area contributed by atoms with Gasteiger partial charge in [-0.05, 0) is 51.0 Å². The zero-order valence-electron chi connectivity index (χ0n) is 15.2. The number of nitrogens with one attached hydrogen (secondary N) is 1. The van der Waals surface area contributed by atoms with Crippen LogP contribution in [0.5, 0.6) is 0 Å². The van der Waals surface area contributed by atoms with Gasteiger partial charge in [-0.3, -0.25) is 4.79 Å². The maximum absolute atomic E-state index is 12.5. The van der Waals surface area contributed by atoms with Crippen LogP contribution in [0, 0.1) is 13.8 Å². The Morgan fingerprint density at radius 2 is 1.65 bits per heavy atom. The van der Waals surface area contributed by atoms with Crippen LogP contribution in [0.3, 0.4) is 0 Å². The molecule has 1 aromatic carbocycles. The fourth-order valence-corrected chi connectivity index (χ4v) is 3.19. The van der Waals surface area contributed by atoms with Gasteiger partial charge in [0.15, 0.2) is 0 Å². The molecule has 2 rings (SSSR count). The number of benzene rings is 1. The second-order valence-corrected chi connectivity index (χ2v) is 6.43. The summed E-state index contributed by atoms with van der Waals surface area (Å²) < 4.78 is 10.0. The van der Waals surface area contributed by atoms with Crippen molar-refractivity contribution < 1.29 is 23.9 Å².